The number of carboxylic acids is 1. The summed E-state index contributed by atoms with van der Waals surface area (Å²) in [6.45, 7) is 4.06. The second-order valence-corrected chi connectivity index (χ2v) is 4.90. The van der Waals surface area contributed by atoms with E-state index >= 15 is 0 Å². The summed E-state index contributed by atoms with van der Waals surface area (Å²) < 4.78 is 0. The highest BCUT2D eigenvalue weighted by atomic mass is 16.4. The predicted octanol–water partition coefficient (Wildman–Crippen LogP) is 0.831. The first-order valence-electron chi connectivity index (χ1n) is 6.92. The molecule has 0 radical (unpaired) electrons. The molecule has 0 saturated carbocycles. The second-order valence-electron chi connectivity index (χ2n) is 4.90. The molecule has 3 amide bonds. The van der Waals surface area contributed by atoms with Crippen LogP contribution < -0.4 is 16.4 Å². The van der Waals surface area contributed by atoms with Gasteiger partial charge in [-0.1, -0.05) is 19.8 Å². The fourth-order valence-electron chi connectivity index (χ4n) is 2.00. The molecule has 2 unspecified atom stereocenters. The Bertz CT molecular complexity index is 334. The Kier molecular flexibility index (Phi) is 9.15. The van der Waals surface area contributed by atoms with E-state index in [1.165, 1.54) is 0 Å². The lowest BCUT2D eigenvalue weighted by Crippen LogP contribution is -2.47. The third-order valence-electron chi connectivity index (χ3n) is 3.07. The van der Waals surface area contributed by atoms with E-state index in [4.69, 9.17) is 10.8 Å². The molecule has 0 fully saturated rings. The van der Waals surface area contributed by atoms with Crippen molar-refractivity contribution in [1.29, 1.82) is 0 Å². The number of urea groups is 1. The lowest BCUT2D eigenvalue weighted by molar-refractivity contribution is -0.137. The van der Waals surface area contributed by atoms with Gasteiger partial charge in [-0.05, 0) is 25.7 Å². The van der Waals surface area contributed by atoms with Gasteiger partial charge >= 0.3 is 12.0 Å². The van der Waals surface area contributed by atoms with Crippen LogP contribution in [0.5, 0.6) is 0 Å². The number of amides is 3. The van der Waals surface area contributed by atoms with Gasteiger partial charge in [-0.15, -0.1) is 0 Å². The van der Waals surface area contributed by atoms with Crippen LogP contribution in [0.4, 0.5) is 4.79 Å². The van der Waals surface area contributed by atoms with Gasteiger partial charge in [0, 0.05) is 13.0 Å². The van der Waals surface area contributed by atoms with Crippen molar-refractivity contribution in [2.24, 2.45) is 11.7 Å². The molecule has 5 N–H and O–H groups in total. The molecule has 0 aromatic carbocycles. The fraction of sp³-hybridized carbons (Fsp3) is 0.769. The smallest absolute Gasteiger partial charge is 0.312 e. The molecule has 20 heavy (non-hydrogen) atoms. The summed E-state index contributed by atoms with van der Waals surface area (Å²) in [5.41, 5.74) is 4.93. The van der Waals surface area contributed by atoms with Gasteiger partial charge in [-0.2, -0.15) is 0 Å². The minimum atomic E-state index is -0.797. The van der Waals surface area contributed by atoms with E-state index in [0.717, 1.165) is 19.3 Å². The first-order valence-corrected chi connectivity index (χ1v) is 6.92. The lowest BCUT2D eigenvalue weighted by Gasteiger charge is -2.17. The first kappa shape index (κ1) is 18.2. The zero-order valence-corrected chi connectivity index (χ0v) is 12.1. The quantitative estimate of drug-likeness (QED) is 0.475. The molecule has 0 rings (SSSR count). The number of hydrogen-bond acceptors (Lipinski definition) is 3. The summed E-state index contributed by atoms with van der Waals surface area (Å²) in [6.07, 6.45) is 3.43. The van der Waals surface area contributed by atoms with Crippen molar-refractivity contribution in [3.63, 3.8) is 0 Å². The van der Waals surface area contributed by atoms with E-state index in [1.807, 2.05) is 6.92 Å². The summed E-state index contributed by atoms with van der Waals surface area (Å²) in [5, 5.41) is 13.7. The highest BCUT2D eigenvalue weighted by Crippen LogP contribution is 2.17. The molecule has 0 saturated heterocycles. The Hall–Kier alpha value is -1.79. The van der Waals surface area contributed by atoms with Gasteiger partial charge in [0.05, 0.1) is 0 Å². The van der Waals surface area contributed by atoms with Crippen molar-refractivity contribution in [2.75, 3.05) is 6.54 Å². The van der Waals surface area contributed by atoms with Gasteiger partial charge in [-0.3, -0.25) is 9.59 Å². The largest absolute Gasteiger partial charge is 0.481 e. The average molecular weight is 287 g/mol. The zero-order chi connectivity index (χ0) is 15.5. The maximum Gasteiger partial charge on any atom is 0.312 e. The number of primary amides is 1. The average Bonchev–Trinajstić information content (AvgIpc) is 2.34. The minimum absolute atomic E-state index is 0.151. The highest BCUT2D eigenvalue weighted by Gasteiger charge is 2.15. The lowest BCUT2D eigenvalue weighted by atomic mass is 9.94. The molecular weight excluding hydrogens is 262 g/mol. The Labute approximate surface area is 119 Å². The maximum atomic E-state index is 11.6. The molecule has 0 aliphatic carbocycles. The summed E-state index contributed by atoms with van der Waals surface area (Å²) in [6, 6.07) is -1.41. The number of rotatable bonds is 10. The zero-order valence-electron chi connectivity index (χ0n) is 12.1. The van der Waals surface area contributed by atoms with Crippen LogP contribution in [0.3, 0.4) is 0 Å². The number of carboxylic acid groups (broad SMARTS) is 1. The van der Waals surface area contributed by atoms with Crippen LogP contribution in [-0.2, 0) is 9.59 Å². The molecule has 2 atom stereocenters. The molecule has 0 bridgehead atoms. The molecular formula is C13H25N3O4. The van der Waals surface area contributed by atoms with E-state index in [0.29, 0.717) is 13.0 Å². The molecule has 0 aromatic heterocycles. The predicted molar refractivity (Wildman–Crippen MR) is 75.1 cm³/mol. The van der Waals surface area contributed by atoms with Crippen LogP contribution >= 0.6 is 0 Å². The normalized spacial score (nSPS) is 13.3. The van der Waals surface area contributed by atoms with E-state index in [2.05, 4.69) is 10.6 Å². The van der Waals surface area contributed by atoms with E-state index in [9.17, 15) is 14.4 Å². The summed E-state index contributed by atoms with van der Waals surface area (Å²) in [7, 11) is 0. The van der Waals surface area contributed by atoms with Gasteiger partial charge < -0.3 is 21.5 Å². The van der Waals surface area contributed by atoms with E-state index in [-0.39, 0.29) is 18.2 Å². The van der Waals surface area contributed by atoms with Gasteiger partial charge in [0.1, 0.15) is 6.04 Å². The number of hydrogen-bond donors (Lipinski definition) is 4. The number of carbonyl (C=O) groups is 3. The third kappa shape index (κ3) is 9.18. The Balaban J connectivity index is 4.00. The Morgan fingerprint density at radius 3 is 2.35 bits per heavy atom. The third-order valence-corrected chi connectivity index (χ3v) is 3.07. The van der Waals surface area contributed by atoms with Crippen molar-refractivity contribution < 1.29 is 19.5 Å². The second kappa shape index (κ2) is 10.1. The van der Waals surface area contributed by atoms with Crippen LogP contribution in [0.1, 0.15) is 46.0 Å². The number of nitrogens with one attached hydrogen (secondary N) is 2. The van der Waals surface area contributed by atoms with Crippen LogP contribution in [0, 0.1) is 5.92 Å². The first-order chi connectivity index (χ1) is 9.36. The number of carbonyl (C=O) groups excluding carboxylic acids is 2. The van der Waals surface area contributed by atoms with Gasteiger partial charge in [0.2, 0.25) is 5.91 Å². The van der Waals surface area contributed by atoms with Crippen molar-refractivity contribution in [3.05, 3.63) is 0 Å². The monoisotopic (exact) mass is 287 g/mol. The number of nitrogens with two attached hydrogens (primary N) is 1. The van der Waals surface area contributed by atoms with Crippen molar-refractivity contribution in [3.8, 4) is 0 Å². The minimum Gasteiger partial charge on any atom is -0.481 e. The molecule has 7 nitrogen and oxygen atoms in total. The Morgan fingerprint density at radius 1 is 1.20 bits per heavy atom. The fourth-order valence-corrected chi connectivity index (χ4v) is 2.00. The van der Waals surface area contributed by atoms with Crippen molar-refractivity contribution in [1.82, 2.24) is 10.6 Å². The van der Waals surface area contributed by atoms with Crippen LogP contribution in [-0.4, -0.2) is 35.6 Å². The summed E-state index contributed by atoms with van der Waals surface area (Å²) >= 11 is 0. The summed E-state index contributed by atoms with van der Waals surface area (Å²) in [5.74, 6) is -0.803. The van der Waals surface area contributed by atoms with E-state index in [1.54, 1.807) is 6.92 Å². The van der Waals surface area contributed by atoms with Gasteiger partial charge in [-0.25, -0.2) is 4.79 Å². The molecule has 0 aliphatic heterocycles. The number of aliphatic carboxylic acids is 1. The van der Waals surface area contributed by atoms with Gasteiger partial charge in [0.25, 0.3) is 0 Å². The Morgan fingerprint density at radius 2 is 1.85 bits per heavy atom. The van der Waals surface area contributed by atoms with Crippen molar-refractivity contribution >= 4 is 17.9 Å². The molecule has 116 valence electrons. The molecule has 0 heterocycles. The van der Waals surface area contributed by atoms with Crippen molar-refractivity contribution in [2.45, 2.75) is 52.0 Å². The SMILES string of the molecule is CCCC(CCNC(=O)C(C)NC(N)=O)CCC(=O)O. The topological polar surface area (TPSA) is 122 Å². The van der Waals surface area contributed by atoms with Crippen LogP contribution in [0.25, 0.3) is 0 Å². The standard InChI is InChI=1S/C13H25N3O4/c1-3-4-10(5-6-11(17)18)7-8-15-12(19)9(2)16-13(14)20/h9-10H,3-8H2,1-2H3,(H,15,19)(H,17,18)(H3,14,16,20). The van der Waals surface area contributed by atoms with Crippen LogP contribution in [0.2, 0.25) is 0 Å². The van der Waals surface area contributed by atoms with Crippen LogP contribution in [0.15, 0.2) is 0 Å². The summed E-state index contributed by atoms with van der Waals surface area (Å²) in [4.78, 5) is 32.8. The molecule has 0 spiro atoms. The van der Waals surface area contributed by atoms with Gasteiger partial charge in [0.15, 0.2) is 0 Å². The highest BCUT2D eigenvalue weighted by molar-refractivity contribution is 5.86. The van der Waals surface area contributed by atoms with E-state index < -0.39 is 18.0 Å². The molecule has 0 aliphatic rings. The molecule has 0 aromatic rings. The maximum absolute atomic E-state index is 11.6. The molecule has 7 heteroatoms.